The predicted molar refractivity (Wildman–Crippen MR) is 133 cm³/mol. The van der Waals surface area contributed by atoms with Crippen molar-refractivity contribution in [1.29, 1.82) is 0 Å². The number of nitrogens with one attached hydrogen (secondary N) is 4. The van der Waals surface area contributed by atoms with Crippen LogP contribution in [0, 0.1) is 13.8 Å². The molecule has 3 aromatic rings. The minimum absolute atomic E-state index is 0.117. The van der Waals surface area contributed by atoms with Crippen LogP contribution >= 0.6 is 0 Å². The fraction of sp³-hybridized carbons (Fsp3) is 0.154. The average molecular weight is 489 g/mol. The van der Waals surface area contributed by atoms with Gasteiger partial charge in [0, 0.05) is 28.2 Å². The lowest BCUT2D eigenvalue weighted by Gasteiger charge is -2.08. The monoisotopic (exact) mass is 488 g/mol. The van der Waals surface area contributed by atoms with E-state index in [1.54, 1.807) is 50.3 Å². The van der Waals surface area contributed by atoms with Gasteiger partial charge in [-0.05, 0) is 60.9 Å². The molecular formula is C26H24N4O6. The van der Waals surface area contributed by atoms with Gasteiger partial charge < -0.3 is 25.8 Å². The number of fused-ring (bicyclic) bond motifs is 1. The van der Waals surface area contributed by atoms with E-state index in [2.05, 4.69) is 20.9 Å². The molecule has 0 atom stereocenters. The van der Waals surface area contributed by atoms with Crippen LogP contribution in [0.4, 0.5) is 16.2 Å². The van der Waals surface area contributed by atoms with Gasteiger partial charge in [-0.2, -0.15) is 0 Å². The number of carboxylic acid groups (broad SMARTS) is 1. The number of amides is 4. The summed E-state index contributed by atoms with van der Waals surface area (Å²) in [5.41, 5.74) is 5.59. The number of H-pyrrole nitrogens is 1. The lowest BCUT2D eigenvalue weighted by Crippen LogP contribution is -2.34. The van der Waals surface area contributed by atoms with E-state index in [0.717, 1.165) is 11.3 Å². The van der Waals surface area contributed by atoms with Crippen molar-refractivity contribution >= 4 is 46.8 Å². The number of carbonyl (C=O) groups excluding carboxylic acids is 3. The topological polar surface area (TPSA) is 161 Å². The van der Waals surface area contributed by atoms with Gasteiger partial charge in [-0.25, -0.2) is 4.79 Å². The Labute approximate surface area is 206 Å². The third-order valence-electron chi connectivity index (χ3n) is 5.93. The third-order valence-corrected chi connectivity index (χ3v) is 5.93. The Bertz CT molecular complexity index is 1420. The molecule has 184 valence electrons. The van der Waals surface area contributed by atoms with Crippen LogP contribution in [0.3, 0.4) is 0 Å². The number of aryl methyl sites for hydroxylation is 1. The van der Waals surface area contributed by atoms with Gasteiger partial charge >= 0.3 is 12.0 Å². The fourth-order valence-electron chi connectivity index (χ4n) is 4.03. The van der Waals surface area contributed by atoms with E-state index in [9.17, 15) is 19.2 Å². The number of aliphatic hydroxyl groups excluding tert-OH is 1. The van der Waals surface area contributed by atoms with E-state index in [1.165, 1.54) is 12.1 Å². The Kier molecular flexibility index (Phi) is 6.71. The fourth-order valence-corrected chi connectivity index (χ4v) is 4.03. The number of imide groups is 1. The highest BCUT2D eigenvalue weighted by molar-refractivity contribution is 6.35. The van der Waals surface area contributed by atoms with Crippen LogP contribution in [0.2, 0.25) is 0 Å². The molecule has 36 heavy (non-hydrogen) atoms. The molecule has 10 heteroatoms. The molecule has 0 fully saturated rings. The van der Waals surface area contributed by atoms with Crippen LogP contribution in [0.1, 0.15) is 44.0 Å². The quantitative estimate of drug-likeness (QED) is 0.292. The molecule has 1 aliphatic heterocycles. The Hall–Kier alpha value is -4.70. The molecule has 1 aliphatic rings. The minimum atomic E-state index is -0.936. The molecule has 4 amide bonds. The van der Waals surface area contributed by atoms with Crippen LogP contribution in [-0.4, -0.2) is 39.0 Å². The number of rotatable bonds is 6. The zero-order chi connectivity index (χ0) is 26.0. The Morgan fingerprint density at radius 1 is 1.06 bits per heavy atom. The number of aromatic nitrogens is 1. The van der Waals surface area contributed by atoms with Crippen molar-refractivity contribution in [3.63, 3.8) is 0 Å². The van der Waals surface area contributed by atoms with Gasteiger partial charge in [0.25, 0.3) is 11.8 Å². The second-order valence-corrected chi connectivity index (χ2v) is 8.37. The number of urea groups is 1. The number of hydrogen-bond donors (Lipinski definition) is 6. The van der Waals surface area contributed by atoms with E-state index in [0.29, 0.717) is 39.3 Å². The van der Waals surface area contributed by atoms with E-state index < -0.39 is 17.9 Å². The molecule has 0 radical (unpaired) electrons. The van der Waals surface area contributed by atoms with Crippen LogP contribution in [0.5, 0.6) is 0 Å². The molecule has 6 N–H and O–H groups in total. The Morgan fingerprint density at radius 3 is 2.44 bits per heavy atom. The molecule has 0 unspecified atom stereocenters. The van der Waals surface area contributed by atoms with Crippen molar-refractivity contribution in [1.82, 2.24) is 10.3 Å². The van der Waals surface area contributed by atoms with E-state index in [-0.39, 0.29) is 24.5 Å². The number of aliphatic hydroxyl groups is 1. The largest absolute Gasteiger partial charge is 0.481 e. The van der Waals surface area contributed by atoms with Crippen molar-refractivity contribution in [2.24, 2.45) is 0 Å². The maximum Gasteiger partial charge on any atom is 0.326 e. The number of anilines is 2. The van der Waals surface area contributed by atoms with Crippen molar-refractivity contribution in [2.75, 3.05) is 10.6 Å². The maximum absolute atomic E-state index is 12.7. The average Bonchev–Trinajstić information content (AvgIpc) is 3.28. The standard InChI is InChI=1S/C26H24N4O6/c1-13-19(11-23(32)33)14(2)27-21(13)10-20-18-8-7-17(9-22(18)29-25(20)35)28-26(36)30-24(34)16-5-3-15(12-31)4-6-16/h3-10,27,31H,11-12H2,1-2H3,(H,29,35)(H,32,33)(H2,28,30,34,36). The Morgan fingerprint density at radius 2 is 1.78 bits per heavy atom. The van der Waals surface area contributed by atoms with Crippen LogP contribution < -0.4 is 16.0 Å². The summed E-state index contributed by atoms with van der Waals surface area (Å²) in [4.78, 5) is 51.5. The molecule has 0 spiro atoms. The van der Waals surface area contributed by atoms with Gasteiger partial charge in [0.2, 0.25) is 0 Å². The lowest BCUT2D eigenvalue weighted by atomic mass is 10.0. The molecule has 1 aromatic heterocycles. The van der Waals surface area contributed by atoms with Crippen LogP contribution in [0.25, 0.3) is 11.6 Å². The summed E-state index contributed by atoms with van der Waals surface area (Å²) in [7, 11) is 0. The van der Waals surface area contributed by atoms with Gasteiger partial charge in [-0.15, -0.1) is 0 Å². The predicted octanol–water partition coefficient (Wildman–Crippen LogP) is 3.21. The summed E-state index contributed by atoms with van der Waals surface area (Å²) in [6.45, 7) is 3.44. The van der Waals surface area contributed by atoms with Gasteiger partial charge in [-0.3, -0.25) is 19.7 Å². The number of carbonyl (C=O) groups is 4. The highest BCUT2D eigenvalue weighted by atomic mass is 16.4. The maximum atomic E-state index is 12.7. The summed E-state index contributed by atoms with van der Waals surface area (Å²) < 4.78 is 0. The third kappa shape index (κ3) is 5.03. The summed E-state index contributed by atoms with van der Waals surface area (Å²) in [6, 6.07) is 10.3. The summed E-state index contributed by atoms with van der Waals surface area (Å²) in [6.07, 6.45) is 1.56. The Balaban J connectivity index is 1.49. The second-order valence-electron chi connectivity index (χ2n) is 8.37. The number of benzene rings is 2. The first-order valence-electron chi connectivity index (χ1n) is 11.1. The summed E-state index contributed by atoms with van der Waals surface area (Å²) in [5, 5.41) is 25.8. The van der Waals surface area contributed by atoms with E-state index >= 15 is 0 Å². The summed E-state index contributed by atoms with van der Waals surface area (Å²) in [5.74, 6) is -1.87. The first kappa shape index (κ1) is 24.4. The smallest absolute Gasteiger partial charge is 0.326 e. The van der Waals surface area contributed by atoms with E-state index in [1.807, 2.05) is 0 Å². The van der Waals surface area contributed by atoms with Crippen LogP contribution in [0.15, 0.2) is 42.5 Å². The molecule has 10 nitrogen and oxygen atoms in total. The first-order valence-corrected chi connectivity index (χ1v) is 11.1. The normalized spacial score (nSPS) is 13.3. The zero-order valence-electron chi connectivity index (χ0n) is 19.6. The molecule has 0 aliphatic carbocycles. The summed E-state index contributed by atoms with van der Waals surface area (Å²) >= 11 is 0. The molecule has 0 saturated carbocycles. The van der Waals surface area contributed by atoms with Crippen molar-refractivity contribution < 1.29 is 29.4 Å². The first-order chi connectivity index (χ1) is 17.2. The zero-order valence-corrected chi connectivity index (χ0v) is 19.6. The molecule has 4 rings (SSSR count). The highest BCUT2D eigenvalue weighted by Crippen LogP contribution is 2.35. The van der Waals surface area contributed by atoms with Gasteiger partial charge in [0.15, 0.2) is 0 Å². The van der Waals surface area contributed by atoms with E-state index in [4.69, 9.17) is 10.2 Å². The van der Waals surface area contributed by atoms with Crippen molar-refractivity contribution in [2.45, 2.75) is 26.9 Å². The van der Waals surface area contributed by atoms with Crippen molar-refractivity contribution in [3.8, 4) is 0 Å². The second kappa shape index (κ2) is 9.88. The van der Waals surface area contributed by atoms with Gasteiger partial charge in [0.05, 0.1) is 24.3 Å². The molecular weight excluding hydrogens is 464 g/mol. The molecule has 0 saturated heterocycles. The minimum Gasteiger partial charge on any atom is -0.481 e. The number of aliphatic carboxylic acids is 1. The van der Waals surface area contributed by atoms with Crippen molar-refractivity contribution in [3.05, 3.63) is 81.7 Å². The molecule has 0 bridgehead atoms. The number of aromatic amines is 1. The lowest BCUT2D eigenvalue weighted by molar-refractivity contribution is -0.136. The van der Waals surface area contributed by atoms with Gasteiger partial charge in [-0.1, -0.05) is 18.2 Å². The van der Waals surface area contributed by atoms with Crippen LogP contribution in [-0.2, 0) is 22.6 Å². The van der Waals surface area contributed by atoms with Gasteiger partial charge in [0.1, 0.15) is 0 Å². The highest BCUT2D eigenvalue weighted by Gasteiger charge is 2.26. The number of carboxylic acids is 1. The SMILES string of the molecule is Cc1[nH]c(C=C2C(=O)Nc3cc(NC(=O)NC(=O)c4ccc(CO)cc4)ccc32)c(C)c1CC(=O)O. The molecule has 2 heterocycles. The number of hydrogen-bond acceptors (Lipinski definition) is 5. The molecule has 2 aromatic carbocycles.